The van der Waals surface area contributed by atoms with Crippen LogP contribution in [0.25, 0.3) is 28.2 Å². The third-order valence-corrected chi connectivity index (χ3v) is 5.40. The van der Waals surface area contributed by atoms with Crippen LogP contribution in [-0.4, -0.2) is 30.8 Å². The van der Waals surface area contributed by atoms with Crippen LogP contribution in [0, 0.1) is 5.82 Å². The van der Waals surface area contributed by atoms with Gasteiger partial charge in [0.1, 0.15) is 17.2 Å². The van der Waals surface area contributed by atoms with Crippen LogP contribution in [0.15, 0.2) is 55.1 Å². The number of amides is 1. The molecule has 1 saturated carbocycles. The van der Waals surface area contributed by atoms with E-state index in [2.05, 4.69) is 9.97 Å². The van der Waals surface area contributed by atoms with Gasteiger partial charge >= 0.3 is 0 Å². The lowest BCUT2D eigenvalue weighted by atomic mass is 9.87. The first-order valence-electron chi connectivity index (χ1n) is 9.30. The van der Waals surface area contributed by atoms with Gasteiger partial charge in [0.2, 0.25) is 0 Å². The largest absolute Gasteiger partial charge is 0.364 e. The number of carbonyl (C=O) groups excluding carboxylic acids is 1. The van der Waals surface area contributed by atoms with Gasteiger partial charge in [0, 0.05) is 36.2 Å². The van der Waals surface area contributed by atoms with Crippen LogP contribution >= 0.6 is 0 Å². The van der Waals surface area contributed by atoms with Gasteiger partial charge < -0.3 is 10.3 Å². The van der Waals surface area contributed by atoms with Gasteiger partial charge in [-0.25, -0.2) is 23.1 Å². The summed E-state index contributed by atoms with van der Waals surface area (Å²) in [7, 11) is 0. The zero-order valence-corrected chi connectivity index (χ0v) is 15.6. The zero-order valence-electron chi connectivity index (χ0n) is 15.6. The van der Waals surface area contributed by atoms with Crippen molar-refractivity contribution in [3.63, 3.8) is 0 Å². The van der Waals surface area contributed by atoms with Crippen LogP contribution in [0.5, 0.6) is 0 Å². The van der Waals surface area contributed by atoms with Crippen LogP contribution in [0.3, 0.4) is 0 Å². The predicted octanol–water partition coefficient (Wildman–Crippen LogP) is 4.07. The molecular weight excluding hydrogens is 395 g/mol. The third kappa shape index (κ3) is 2.94. The van der Waals surface area contributed by atoms with Crippen molar-refractivity contribution in [2.75, 3.05) is 0 Å². The van der Waals surface area contributed by atoms with E-state index < -0.39 is 17.9 Å². The maximum Gasteiger partial charge on any atom is 0.267 e. The summed E-state index contributed by atoms with van der Waals surface area (Å²) in [5, 5.41) is 0. The molecule has 0 saturated heterocycles. The number of fused-ring (bicyclic) bond motifs is 1. The number of imidazole rings is 2. The average Bonchev–Trinajstić information content (AvgIpc) is 3.30. The fraction of sp³-hybridized carbons (Fsp3) is 0.190. The van der Waals surface area contributed by atoms with E-state index in [1.165, 1.54) is 24.7 Å². The Morgan fingerprint density at radius 3 is 2.43 bits per heavy atom. The van der Waals surface area contributed by atoms with Crippen LogP contribution in [0.2, 0.25) is 0 Å². The van der Waals surface area contributed by atoms with E-state index in [9.17, 15) is 18.0 Å². The van der Waals surface area contributed by atoms with Crippen LogP contribution in [0.4, 0.5) is 13.2 Å². The second kappa shape index (κ2) is 6.45. The Balaban J connectivity index is 1.70. The molecule has 1 amide bonds. The molecule has 3 heterocycles. The van der Waals surface area contributed by atoms with Crippen molar-refractivity contribution in [2.45, 2.75) is 24.8 Å². The monoisotopic (exact) mass is 411 g/mol. The molecule has 30 heavy (non-hydrogen) atoms. The van der Waals surface area contributed by atoms with E-state index >= 15 is 0 Å². The van der Waals surface area contributed by atoms with Crippen molar-refractivity contribution in [1.29, 1.82) is 0 Å². The maximum atomic E-state index is 13.6. The summed E-state index contributed by atoms with van der Waals surface area (Å²) in [5.41, 5.74) is 8.60. The Hall–Kier alpha value is -3.62. The summed E-state index contributed by atoms with van der Waals surface area (Å²) >= 11 is 0. The lowest BCUT2D eigenvalue weighted by molar-refractivity contribution is -0.103. The molecule has 1 aliphatic rings. The number of pyridine rings is 1. The molecule has 0 spiro atoms. The topological polar surface area (TPSA) is 78.2 Å². The summed E-state index contributed by atoms with van der Waals surface area (Å²) in [5.74, 6) is -3.72. The molecule has 6 nitrogen and oxygen atoms in total. The summed E-state index contributed by atoms with van der Waals surface area (Å²) in [6.07, 6.45) is 4.03. The van der Waals surface area contributed by atoms with Gasteiger partial charge in [-0.2, -0.15) is 0 Å². The molecule has 0 atom stereocenters. The minimum absolute atomic E-state index is 0.205. The highest BCUT2D eigenvalue weighted by atomic mass is 19.3. The highest BCUT2D eigenvalue weighted by Gasteiger charge is 2.47. The van der Waals surface area contributed by atoms with Crippen molar-refractivity contribution in [3.8, 4) is 22.5 Å². The first kappa shape index (κ1) is 18.4. The molecule has 0 radical (unpaired) electrons. The number of aromatic nitrogens is 4. The van der Waals surface area contributed by atoms with Gasteiger partial charge in [-0.05, 0) is 36.4 Å². The van der Waals surface area contributed by atoms with Crippen LogP contribution < -0.4 is 5.73 Å². The average molecular weight is 411 g/mol. The molecule has 0 bridgehead atoms. The van der Waals surface area contributed by atoms with Gasteiger partial charge in [0.25, 0.3) is 11.8 Å². The third-order valence-electron chi connectivity index (χ3n) is 5.40. The van der Waals surface area contributed by atoms with Crippen LogP contribution in [0.1, 0.15) is 29.4 Å². The smallest absolute Gasteiger partial charge is 0.267 e. The first-order chi connectivity index (χ1) is 14.3. The molecule has 152 valence electrons. The number of benzene rings is 1. The molecule has 2 N–H and O–H groups in total. The lowest BCUT2D eigenvalue weighted by Crippen LogP contribution is -2.37. The second-order valence-electron chi connectivity index (χ2n) is 7.43. The van der Waals surface area contributed by atoms with Crippen LogP contribution in [-0.2, 0) is 0 Å². The zero-order chi connectivity index (χ0) is 21.0. The SMILES string of the molecule is NC(=O)c1cnc2ccc(-c3c(-c4ccc(F)cc4)ncn3C3CC(F)(F)C3)cn12. The van der Waals surface area contributed by atoms with Gasteiger partial charge in [-0.15, -0.1) is 0 Å². The number of primary amides is 1. The molecule has 5 rings (SSSR count). The van der Waals surface area contributed by atoms with Gasteiger partial charge in [0.05, 0.1) is 23.9 Å². The first-order valence-corrected chi connectivity index (χ1v) is 9.30. The minimum atomic E-state index is -2.70. The molecule has 1 aliphatic carbocycles. The van der Waals surface area contributed by atoms with Crippen molar-refractivity contribution >= 4 is 11.6 Å². The van der Waals surface area contributed by atoms with Gasteiger partial charge in [-0.1, -0.05) is 0 Å². The number of halogens is 3. The molecule has 0 aliphatic heterocycles. The Morgan fingerprint density at radius 1 is 1.07 bits per heavy atom. The number of hydrogen-bond acceptors (Lipinski definition) is 3. The number of alkyl halides is 2. The molecule has 0 unspecified atom stereocenters. The highest BCUT2D eigenvalue weighted by Crippen LogP contribution is 2.48. The molecular formula is C21H16F3N5O. The molecule has 1 fully saturated rings. The van der Waals surface area contributed by atoms with Crippen molar-refractivity contribution < 1.29 is 18.0 Å². The summed E-state index contributed by atoms with van der Waals surface area (Å²) in [6.45, 7) is 0. The lowest BCUT2D eigenvalue weighted by Gasteiger charge is -2.36. The van der Waals surface area contributed by atoms with Crippen molar-refractivity contribution in [2.24, 2.45) is 5.73 Å². The molecule has 3 aromatic heterocycles. The van der Waals surface area contributed by atoms with Crippen molar-refractivity contribution in [3.05, 3.63) is 66.6 Å². The van der Waals surface area contributed by atoms with E-state index in [1.807, 2.05) is 0 Å². The van der Waals surface area contributed by atoms with Gasteiger partial charge in [0.15, 0.2) is 0 Å². The van der Waals surface area contributed by atoms with E-state index in [0.29, 0.717) is 28.2 Å². The van der Waals surface area contributed by atoms with E-state index in [-0.39, 0.29) is 24.4 Å². The quantitative estimate of drug-likeness (QED) is 0.550. The second-order valence-corrected chi connectivity index (χ2v) is 7.43. The Kier molecular flexibility index (Phi) is 3.96. The minimum Gasteiger partial charge on any atom is -0.364 e. The highest BCUT2D eigenvalue weighted by molar-refractivity contribution is 5.92. The van der Waals surface area contributed by atoms with Gasteiger partial charge in [-0.3, -0.25) is 9.20 Å². The number of nitrogens with zero attached hydrogens (tertiary/aromatic N) is 4. The summed E-state index contributed by atoms with van der Waals surface area (Å²) in [6, 6.07) is 8.90. The van der Waals surface area contributed by atoms with E-state index in [1.54, 1.807) is 39.4 Å². The predicted molar refractivity (Wildman–Crippen MR) is 104 cm³/mol. The number of nitrogens with two attached hydrogens (primary N) is 1. The fourth-order valence-corrected chi connectivity index (χ4v) is 3.87. The standard InChI is InChI=1S/C21H16F3N5O/c22-14-4-1-12(2-5-14)18-19(29(11-27-18)15-7-21(23,24)8-15)13-3-6-17-26-9-16(20(25)30)28(17)10-13/h1-6,9-11,15H,7-8H2,(H2,25,30). The van der Waals surface area contributed by atoms with E-state index in [0.717, 1.165) is 0 Å². The van der Waals surface area contributed by atoms with E-state index in [4.69, 9.17) is 5.73 Å². The fourth-order valence-electron chi connectivity index (χ4n) is 3.87. The maximum absolute atomic E-state index is 13.6. The Morgan fingerprint density at radius 2 is 1.77 bits per heavy atom. The molecule has 9 heteroatoms. The summed E-state index contributed by atoms with van der Waals surface area (Å²) in [4.78, 5) is 20.3. The molecule has 1 aromatic carbocycles. The Labute approximate surface area is 168 Å². The number of hydrogen-bond donors (Lipinski definition) is 1. The van der Waals surface area contributed by atoms with Crippen molar-refractivity contribution in [1.82, 2.24) is 18.9 Å². The number of rotatable bonds is 4. The summed E-state index contributed by atoms with van der Waals surface area (Å²) < 4.78 is 43.8. The normalized spacial score (nSPS) is 16.0. The molecule has 4 aromatic rings. The Bertz CT molecular complexity index is 1270. The number of carbonyl (C=O) groups is 1.